The van der Waals surface area contributed by atoms with Crippen LogP contribution in [0, 0.1) is 0 Å². The number of aromatic nitrogens is 4. The standard InChI is InChI=1S/C20H24N4O6/c1-5-6-9-24-17-16(18(25)22-20(24)27)23(2)15(21-17)11-30-19(26)13-8-7-12(28-3)10-14(13)29-4/h7-8,10H,5-6,9,11H2,1-4H3,(H,22,25,27). The number of hydrogen-bond acceptors (Lipinski definition) is 7. The fraction of sp³-hybridized carbons (Fsp3) is 0.400. The number of imidazole rings is 1. The summed E-state index contributed by atoms with van der Waals surface area (Å²) in [7, 11) is 4.59. The summed E-state index contributed by atoms with van der Waals surface area (Å²) in [5.41, 5.74) is -0.293. The lowest BCUT2D eigenvalue weighted by atomic mass is 10.2. The Morgan fingerprint density at radius 2 is 1.97 bits per heavy atom. The first kappa shape index (κ1) is 21.2. The third kappa shape index (κ3) is 3.93. The number of aromatic amines is 1. The third-order valence-electron chi connectivity index (χ3n) is 4.80. The zero-order valence-electron chi connectivity index (χ0n) is 17.4. The van der Waals surface area contributed by atoms with E-state index in [9.17, 15) is 14.4 Å². The van der Waals surface area contributed by atoms with Gasteiger partial charge in [0.15, 0.2) is 11.2 Å². The predicted molar refractivity (Wildman–Crippen MR) is 109 cm³/mol. The SMILES string of the molecule is CCCCn1c(=O)[nH]c(=O)c2c1nc(COC(=O)c1ccc(OC)cc1OC)n2C. The van der Waals surface area contributed by atoms with Gasteiger partial charge in [-0.3, -0.25) is 14.3 Å². The van der Waals surface area contributed by atoms with Gasteiger partial charge in [-0.2, -0.15) is 0 Å². The van der Waals surface area contributed by atoms with Crippen LogP contribution in [0.25, 0.3) is 11.2 Å². The molecular weight excluding hydrogens is 392 g/mol. The number of carbonyl (C=O) groups is 1. The number of benzene rings is 1. The molecule has 1 aromatic carbocycles. The number of ether oxygens (including phenoxy) is 3. The first-order valence-electron chi connectivity index (χ1n) is 9.48. The molecule has 0 spiro atoms. The number of carbonyl (C=O) groups excluding carboxylic acids is 1. The van der Waals surface area contributed by atoms with Crippen molar-refractivity contribution in [1.29, 1.82) is 0 Å². The minimum absolute atomic E-state index is 0.180. The normalized spacial score (nSPS) is 10.9. The maximum Gasteiger partial charge on any atom is 0.342 e. The van der Waals surface area contributed by atoms with Gasteiger partial charge in [0.05, 0.1) is 14.2 Å². The number of hydrogen-bond donors (Lipinski definition) is 1. The summed E-state index contributed by atoms with van der Waals surface area (Å²) in [6.45, 7) is 2.26. The van der Waals surface area contributed by atoms with E-state index in [1.165, 1.54) is 23.4 Å². The Bertz CT molecular complexity index is 1190. The van der Waals surface area contributed by atoms with Gasteiger partial charge in [-0.1, -0.05) is 13.3 Å². The molecule has 2 aromatic heterocycles. The summed E-state index contributed by atoms with van der Waals surface area (Å²) in [5.74, 6) is 0.586. The quantitative estimate of drug-likeness (QED) is 0.554. The van der Waals surface area contributed by atoms with E-state index in [1.54, 1.807) is 25.2 Å². The van der Waals surface area contributed by atoms with E-state index in [0.29, 0.717) is 23.9 Å². The Kier molecular flexibility index (Phi) is 6.24. The average molecular weight is 416 g/mol. The van der Waals surface area contributed by atoms with Crippen molar-refractivity contribution in [2.75, 3.05) is 14.2 Å². The van der Waals surface area contributed by atoms with Crippen LogP contribution in [0.2, 0.25) is 0 Å². The molecule has 0 bridgehead atoms. The number of H-pyrrole nitrogens is 1. The van der Waals surface area contributed by atoms with Crippen molar-refractivity contribution in [3.05, 3.63) is 50.4 Å². The molecule has 0 aliphatic carbocycles. The smallest absolute Gasteiger partial charge is 0.342 e. The molecule has 0 atom stereocenters. The second kappa shape index (κ2) is 8.85. The van der Waals surface area contributed by atoms with E-state index in [1.807, 2.05) is 6.92 Å². The molecule has 0 saturated heterocycles. The van der Waals surface area contributed by atoms with Crippen LogP contribution < -0.4 is 20.7 Å². The molecule has 30 heavy (non-hydrogen) atoms. The highest BCUT2D eigenvalue weighted by Gasteiger charge is 2.19. The monoisotopic (exact) mass is 416 g/mol. The zero-order valence-corrected chi connectivity index (χ0v) is 17.4. The van der Waals surface area contributed by atoms with Gasteiger partial charge in [-0.05, 0) is 18.6 Å². The Hall–Kier alpha value is -3.56. The molecular formula is C20H24N4O6. The second-order valence-corrected chi connectivity index (χ2v) is 6.67. The first-order chi connectivity index (χ1) is 14.4. The van der Waals surface area contributed by atoms with Crippen LogP contribution in [0.15, 0.2) is 27.8 Å². The minimum atomic E-state index is -0.612. The number of nitrogens with one attached hydrogen (secondary N) is 1. The van der Waals surface area contributed by atoms with E-state index in [2.05, 4.69) is 9.97 Å². The molecule has 3 rings (SSSR count). The van der Waals surface area contributed by atoms with E-state index in [0.717, 1.165) is 12.8 Å². The van der Waals surface area contributed by atoms with Gasteiger partial charge in [0.1, 0.15) is 29.5 Å². The number of unbranched alkanes of at least 4 members (excludes halogenated alkanes) is 1. The molecule has 10 nitrogen and oxygen atoms in total. The van der Waals surface area contributed by atoms with Crippen LogP contribution in [0.3, 0.4) is 0 Å². The topological polar surface area (TPSA) is 117 Å². The van der Waals surface area contributed by atoms with Crippen LogP contribution in [0.5, 0.6) is 11.5 Å². The fourth-order valence-electron chi connectivity index (χ4n) is 3.12. The van der Waals surface area contributed by atoms with Crippen molar-refractivity contribution in [2.24, 2.45) is 7.05 Å². The zero-order chi connectivity index (χ0) is 21.8. The van der Waals surface area contributed by atoms with Gasteiger partial charge in [0.2, 0.25) is 0 Å². The lowest BCUT2D eigenvalue weighted by Crippen LogP contribution is -2.31. The van der Waals surface area contributed by atoms with Gasteiger partial charge >= 0.3 is 11.7 Å². The summed E-state index contributed by atoms with van der Waals surface area (Å²) in [4.78, 5) is 43.8. The molecule has 0 radical (unpaired) electrons. The number of rotatable bonds is 8. The van der Waals surface area contributed by atoms with Crippen molar-refractivity contribution in [2.45, 2.75) is 32.9 Å². The Morgan fingerprint density at radius 1 is 1.20 bits per heavy atom. The molecule has 0 aliphatic heterocycles. The summed E-state index contributed by atoms with van der Waals surface area (Å²) in [5, 5.41) is 0. The van der Waals surface area contributed by atoms with Crippen molar-refractivity contribution in [1.82, 2.24) is 19.1 Å². The minimum Gasteiger partial charge on any atom is -0.497 e. The van der Waals surface area contributed by atoms with Crippen LogP contribution >= 0.6 is 0 Å². The molecule has 0 aliphatic rings. The van der Waals surface area contributed by atoms with Gasteiger partial charge in [0.25, 0.3) is 5.56 Å². The van der Waals surface area contributed by atoms with Gasteiger partial charge < -0.3 is 18.8 Å². The van der Waals surface area contributed by atoms with Crippen LogP contribution in [-0.4, -0.2) is 39.3 Å². The van der Waals surface area contributed by atoms with Crippen molar-refractivity contribution < 1.29 is 19.0 Å². The largest absolute Gasteiger partial charge is 0.497 e. The Morgan fingerprint density at radius 3 is 2.63 bits per heavy atom. The van der Waals surface area contributed by atoms with Crippen LogP contribution in [0.1, 0.15) is 35.9 Å². The number of esters is 1. The summed E-state index contributed by atoms with van der Waals surface area (Å²) in [6.07, 6.45) is 1.65. The summed E-state index contributed by atoms with van der Waals surface area (Å²) < 4.78 is 18.7. The third-order valence-corrected chi connectivity index (χ3v) is 4.80. The molecule has 0 saturated carbocycles. The molecule has 160 valence electrons. The predicted octanol–water partition coefficient (Wildman–Crippen LogP) is 1.60. The molecule has 2 heterocycles. The number of fused-ring (bicyclic) bond motifs is 1. The lowest BCUT2D eigenvalue weighted by Gasteiger charge is -2.10. The molecule has 0 amide bonds. The molecule has 0 unspecified atom stereocenters. The lowest BCUT2D eigenvalue weighted by molar-refractivity contribution is 0.0456. The molecule has 10 heteroatoms. The van der Waals surface area contributed by atoms with Gasteiger partial charge in [-0.15, -0.1) is 0 Å². The van der Waals surface area contributed by atoms with E-state index < -0.39 is 17.2 Å². The number of nitrogens with zero attached hydrogens (tertiary/aromatic N) is 3. The van der Waals surface area contributed by atoms with Crippen molar-refractivity contribution in [3.63, 3.8) is 0 Å². The van der Waals surface area contributed by atoms with E-state index >= 15 is 0 Å². The van der Waals surface area contributed by atoms with E-state index in [4.69, 9.17) is 14.2 Å². The fourth-order valence-corrected chi connectivity index (χ4v) is 3.12. The highest BCUT2D eigenvalue weighted by molar-refractivity contribution is 5.92. The highest BCUT2D eigenvalue weighted by atomic mass is 16.5. The highest BCUT2D eigenvalue weighted by Crippen LogP contribution is 2.25. The summed E-state index contributed by atoms with van der Waals surface area (Å²) in [6, 6.07) is 4.75. The number of methoxy groups -OCH3 is 2. The summed E-state index contributed by atoms with van der Waals surface area (Å²) >= 11 is 0. The maximum absolute atomic E-state index is 12.5. The molecule has 0 fully saturated rings. The van der Waals surface area contributed by atoms with E-state index in [-0.39, 0.29) is 23.3 Å². The van der Waals surface area contributed by atoms with Crippen LogP contribution in [0.4, 0.5) is 0 Å². The van der Waals surface area contributed by atoms with Gasteiger partial charge in [-0.25, -0.2) is 14.6 Å². The van der Waals surface area contributed by atoms with Crippen molar-refractivity contribution in [3.8, 4) is 11.5 Å². The Balaban J connectivity index is 1.91. The van der Waals surface area contributed by atoms with Crippen molar-refractivity contribution >= 4 is 17.1 Å². The average Bonchev–Trinajstić information content (AvgIpc) is 3.07. The first-order valence-corrected chi connectivity index (χ1v) is 9.48. The molecule has 3 aromatic rings. The molecule has 1 N–H and O–H groups in total. The van der Waals surface area contributed by atoms with Crippen LogP contribution in [-0.2, 0) is 24.9 Å². The maximum atomic E-state index is 12.5. The van der Waals surface area contributed by atoms with Gasteiger partial charge in [0, 0.05) is 19.7 Å². The second-order valence-electron chi connectivity index (χ2n) is 6.67. The number of aryl methyl sites for hydroxylation is 2. The Labute approximate surface area is 172 Å².